The Bertz CT molecular complexity index is 1780. The van der Waals surface area contributed by atoms with Crippen molar-refractivity contribution in [2.45, 2.75) is 6.92 Å². The van der Waals surface area contributed by atoms with Crippen LogP contribution in [0.1, 0.15) is 26.3 Å². The predicted octanol–water partition coefficient (Wildman–Crippen LogP) is 7.30. The number of esters is 1. The number of aryl methyl sites for hydroxylation is 1. The van der Waals surface area contributed by atoms with E-state index in [0.29, 0.717) is 33.9 Å². The number of halogens is 2. The number of ether oxygens (including phenoxy) is 3. The number of hydrogen-bond acceptors (Lipinski definition) is 6. The lowest BCUT2D eigenvalue weighted by atomic mass is 9.94. The maximum absolute atomic E-state index is 16.3. The van der Waals surface area contributed by atoms with Gasteiger partial charge in [0.15, 0.2) is 0 Å². The number of carbonyl (C=O) groups excluding carboxylic acids is 2. The molecule has 41 heavy (non-hydrogen) atoms. The topological polar surface area (TPSA) is 87.0 Å². The second-order valence-electron chi connectivity index (χ2n) is 9.12. The molecule has 4 aromatic carbocycles. The van der Waals surface area contributed by atoms with Crippen molar-refractivity contribution in [2.24, 2.45) is 0 Å². The number of fused-ring (bicyclic) bond motifs is 1. The summed E-state index contributed by atoms with van der Waals surface area (Å²) in [5.74, 6) is -0.836. The van der Waals surface area contributed by atoms with Gasteiger partial charge >= 0.3 is 5.97 Å². The molecule has 7 nitrogen and oxygen atoms in total. The Balaban J connectivity index is 1.62. The number of carbonyl (C=O) groups is 2. The third-order valence-corrected chi connectivity index (χ3v) is 6.65. The van der Waals surface area contributed by atoms with Crippen LogP contribution in [-0.4, -0.2) is 33.1 Å². The average molecular weight is 558 g/mol. The zero-order valence-corrected chi connectivity index (χ0v) is 22.6. The number of hydrogen-bond donors (Lipinski definition) is 1. The van der Waals surface area contributed by atoms with Gasteiger partial charge in [0.1, 0.15) is 45.8 Å². The molecule has 1 N–H and O–H groups in total. The Kier molecular flexibility index (Phi) is 7.43. The zero-order chi connectivity index (χ0) is 29.3. The summed E-state index contributed by atoms with van der Waals surface area (Å²) in [6, 6.07) is 18.5. The molecule has 0 saturated carbocycles. The quantitative estimate of drug-likeness (QED) is 0.211. The van der Waals surface area contributed by atoms with Crippen molar-refractivity contribution >= 4 is 22.8 Å². The van der Waals surface area contributed by atoms with Crippen LogP contribution in [-0.2, 0) is 4.74 Å². The Labute approximate surface area is 234 Å². The highest BCUT2D eigenvalue weighted by molar-refractivity contribution is 6.12. The molecule has 9 heteroatoms. The highest BCUT2D eigenvalue weighted by Gasteiger charge is 2.27. The summed E-state index contributed by atoms with van der Waals surface area (Å²) in [6.07, 6.45) is 0. The molecular formula is C32H25F2NO6. The summed E-state index contributed by atoms with van der Waals surface area (Å²) in [7, 11) is 4.12. The van der Waals surface area contributed by atoms with E-state index in [1.165, 1.54) is 57.7 Å². The molecule has 0 aliphatic rings. The van der Waals surface area contributed by atoms with E-state index in [9.17, 15) is 14.0 Å². The van der Waals surface area contributed by atoms with Gasteiger partial charge in [0.05, 0.1) is 25.2 Å². The van der Waals surface area contributed by atoms with Gasteiger partial charge in [-0.25, -0.2) is 13.6 Å². The number of furan rings is 1. The molecule has 1 aromatic heterocycles. The van der Waals surface area contributed by atoms with Crippen LogP contribution in [0.3, 0.4) is 0 Å². The normalized spacial score (nSPS) is 10.9. The first-order valence-electron chi connectivity index (χ1n) is 12.5. The first kappa shape index (κ1) is 27.4. The van der Waals surface area contributed by atoms with Gasteiger partial charge < -0.3 is 23.9 Å². The molecule has 5 aromatic rings. The van der Waals surface area contributed by atoms with Crippen molar-refractivity contribution in [3.8, 4) is 39.7 Å². The minimum atomic E-state index is -0.684. The monoisotopic (exact) mass is 557 g/mol. The number of amides is 1. The molecule has 1 amide bonds. The lowest BCUT2D eigenvalue weighted by Crippen LogP contribution is -2.18. The first-order valence-corrected chi connectivity index (χ1v) is 12.5. The number of methoxy groups -OCH3 is 2. The van der Waals surface area contributed by atoms with Crippen molar-refractivity contribution in [2.75, 3.05) is 21.3 Å². The molecule has 5 rings (SSSR count). The molecular weight excluding hydrogens is 532 g/mol. The van der Waals surface area contributed by atoms with Crippen LogP contribution in [0, 0.1) is 18.6 Å². The minimum absolute atomic E-state index is 0.00155. The summed E-state index contributed by atoms with van der Waals surface area (Å²) in [5, 5.41) is 2.56. The summed E-state index contributed by atoms with van der Waals surface area (Å²) >= 11 is 0. The standard InChI is InChI=1S/C32H25F2NO6/c1-17-15-26(38-3)24(32(37)39-4)16-23(17)22-13-14-25-27(29(22)34)28(31(36)35-2)30(41-25)18-5-9-20(10-6-18)40-21-11-7-19(33)8-12-21/h5-16H,1-4H3,(H,35,36). The summed E-state index contributed by atoms with van der Waals surface area (Å²) in [6.45, 7) is 1.76. The smallest absolute Gasteiger partial charge is 0.341 e. The van der Waals surface area contributed by atoms with Gasteiger partial charge in [0.25, 0.3) is 5.91 Å². The molecule has 0 radical (unpaired) electrons. The van der Waals surface area contributed by atoms with E-state index in [1.807, 2.05) is 0 Å². The number of rotatable bonds is 7. The van der Waals surface area contributed by atoms with E-state index in [4.69, 9.17) is 18.6 Å². The molecule has 0 saturated heterocycles. The highest BCUT2D eigenvalue weighted by Crippen LogP contribution is 2.40. The third-order valence-electron chi connectivity index (χ3n) is 6.65. The third kappa shape index (κ3) is 5.09. The Morgan fingerprint density at radius 2 is 1.51 bits per heavy atom. The molecule has 0 unspecified atom stereocenters. The van der Waals surface area contributed by atoms with Gasteiger partial charge in [0.2, 0.25) is 0 Å². The van der Waals surface area contributed by atoms with Crippen LogP contribution in [0.5, 0.6) is 17.2 Å². The first-order chi connectivity index (χ1) is 19.7. The largest absolute Gasteiger partial charge is 0.496 e. The molecule has 0 spiro atoms. The Morgan fingerprint density at radius 3 is 2.12 bits per heavy atom. The van der Waals surface area contributed by atoms with Crippen LogP contribution in [0.15, 0.2) is 77.2 Å². The van der Waals surface area contributed by atoms with Gasteiger partial charge in [-0.2, -0.15) is 0 Å². The van der Waals surface area contributed by atoms with Crippen molar-refractivity contribution < 1.29 is 37.0 Å². The van der Waals surface area contributed by atoms with Gasteiger partial charge in [-0.1, -0.05) is 0 Å². The molecule has 0 bridgehead atoms. The van der Waals surface area contributed by atoms with Crippen LogP contribution in [0.25, 0.3) is 33.4 Å². The second-order valence-corrected chi connectivity index (χ2v) is 9.12. The van der Waals surface area contributed by atoms with Gasteiger partial charge in [-0.3, -0.25) is 4.79 Å². The molecule has 0 fully saturated rings. The summed E-state index contributed by atoms with van der Waals surface area (Å²) in [5.41, 5.74) is 2.09. The van der Waals surface area contributed by atoms with Gasteiger partial charge in [0, 0.05) is 18.2 Å². The fourth-order valence-corrected chi connectivity index (χ4v) is 4.63. The fourth-order valence-electron chi connectivity index (χ4n) is 4.63. The van der Waals surface area contributed by atoms with E-state index >= 15 is 4.39 Å². The maximum atomic E-state index is 16.3. The van der Waals surface area contributed by atoms with Crippen molar-refractivity contribution in [3.05, 3.63) is 101 Å². The van der Waals surface area contributed by atoms with Crippen molar-refractivity contribution in [1.82, 2.24) is 5.32 Å². The van der Waals surface area contributed by atoms with E-state index in [1.54, 1.807) is 43.3 Å². The van der Waals surface area contributed by atoms with E-state index in [-0.39, 0.29) is 39.2 Å². The van der Waals surface area contributed by atoms with Crippen LogP contribution < -0.4 is 14.8 Å². The Morgan fingerprint density at radius 1 is 0.854 bits per heavy atom. The lowest BCUT2D eigenvalue weighted by Gasteiger charge is -2.14. The lowest BCUT2D eigenvalue weighted by molar-refractivity contribution is 0.0597. The SMILES string of the molecule is CNC(=O)c1c(-c2ccc(Oc3ccc(F)cc3)cc2)oc2ccc(-c3cc(C(=O)OC)c(OC)cc3C)c(F)c12. The van der Waals surface area contributed by atoms with Crippen LogP contribution >= 0.6 is 0 Å². The number of benzene rings is 4. The summed E-state index contributed by atoms with van der Waals surface area (Å²) < 4.78 is 51.5. The van der Waals surface area contributed by atoms with Gasteiger partial charge in [-0.05, 0) is 90.8 Å². The summed E-state index contributed by atoms with van der Waals surface area (Å²) in [4.78, 5) is 25.5. The fraction of sp³-hybridized carbons (Fsp3) is 0.125. The minimum Gasteiger partial charge on any atom is -0.496 e. The molecule has 208 valence electrons. The molecule has 0 atom stereocenters. The molecule has 0 aliphatic heterocycles. The van der Waals surface area contributed by atoms with Crippen LogP contribution in [0.4, 0.5) is 8.78 Å². The van der Waals surface area contributed by atoms with Crippen LogP contribution in [0.2, 0.25) is 0 Å². The second kappa shape index (κ2) is 11.1. The maximum Gasteiger partial charge on any atom is 0.341 e. The highest BCUT2D eigenvalue weighted by atomic mass is 19.1. The Hall–Kier alpha value is -5.18. The molecule has 0 aliphatic carbocycles. The van der Waals surface area contributed by atoms with Crippen molar-refractivity contribution in [1.29, 1.82) is 0 Å². The van der Waals surface area contributed by atoms with E-state index in [0.717, 1.165) is 0 Å². The van der Waals surface area contributed by atoms with Crippen molar-refractivity contribution in [3.63, 3.8) is 0 Å². The number of nitrogens with one attached hydrogen (secondary N) is 1. The van der Waals surface area contributed by atoms with E-state index < -0.39 is 17.7 Å². The predicted molar refractivity (Wildman–Crippen MR) is 150 cm³/mol. The van der Waals surface area contributed by atoms with E-state index in [2.05, 4.69) is 5.32 Å². The average Bonchev–Trinajstić information content (AvgIpc) is 3.38. The zero-order valence-electron chi connectivity index (χ0n) is 22.6. The van der Waals surface area contributed by atoms with Gasteiger partial charge in [-0.15, -0.1) is 0 Å². The molecule has 1 heterocycles.